The molecule has 1 atom stereocenters. The maximum absolute atomic E-state index is 11.8. The van der Waals surface area contributed by atoms with Crippen molar-refractivity contribution in [3.05, 3.63) is 40.3 Å². The van der Waals surface area contributed by atoms with Crippen LogP contribution in [-0.2, 0) is 0 Å². The van der Waals surface area contributed by atoms with E-state index in [4.69, 9.17) is 0 Å². The van der Waals surface area contributed by atoms with Crippen molar-refractivity contribution < 1.29 is 9.90 Å². The molecule has 0 fully saturated rings. The Morgan fingerprint density at radius 3 is 2.94 bits per heavy atom. The summed E-state index contributed by atoms with van der Waals surface area (Å²) >= 11 is 0. The number of pyridine rings is 1. The van der Waals surface area contributed by atoms with Crippen molar-refractivity contribution in [2.75, 3.05) is 0 Å². The van der Waals surface area contributed by atoms with E-state index in [0.29, 0.717) is 5.82 Å². The van der Waals surface area contributed by atoms with Crippen LogP contribution in [0.25, 0.3) is 0 Å². The van der Waals surface area contributed by atoms with Gasteiger partial charge in [0.2, 0.25) is 0 Å². The first-order chi connectivity index (χ1) is 8.58. The summed E-state index contributed by atoms with van der Waals surface area (Å²) in [4.78, 5) is 28.9. The molecular formula is C10H11N5O3. The summed E-state index contributed by atoms with van der Waals surface area (Å²) in [5, 5.41) is 17.9. The predicted molar refractivity (Wildman–Crippen MR) is 61.0 cm³/mol. The molecule has 2 aromatic heterocycles. The number of aromatic hydroxyl groups is 1. The Morgan fingerprint density at radius 2 is 2.33 bits per heavy atom. The number of aromatic nitrogens is 4. The first-order valence-electron chi connectivity index (χ1n) is 5.17. The van der Waals surface area contributed by atoms with Crippen molar-refractivity contribution in [2.45, 2.75) is 13.0 Å². The molecule has 0 aliphatic carbocycles. The third kappa shape index (κ3) is 2.37. The lowest BCUT2D eigenvalue weighted by Gasteiger charge is -2.10. The van der Waals surface area contributed by atoms with Gasteiger partial charge in [0.1, 0.15) is 5.75 Å². The van der Waals surface area contributed by atoms with Gasteiger partial charge in [-0.25, -0.2) is 14.9 Å². The first-order valence-corrected chi connectivity index (χ1v) is 5.17. The standard InChI is InChI=1S/C10H11N5O3/c1-5(8-13-10(18)15-14-8)12-9(17)7-6(16)3-2-4-11-7/h2-5,16H,1H3,(H,12,17)(H2,13,14,15,18). The quantitative estimate of drug-likeness (QED) is 0.594. The van der Waals surface area contributed by atoms with E-state index in [1.807, 2.05) is 0 Å². The van der Waals surface area contributed by atoms with Gasteiger partial charge in [0.15, 0.2) is 11.5 Å². The SMILES string of the molecule is CC(NC(=O)c1ncccc1O)c1n[nH]c(=O)[nH]1. The largest absolute Gasteiger partial charge is 0.505 e. The minimum Gasteiger partial charge on any atom is -0.505 e. The Balaban J connectivity index is 2.13. The number of hydrogen-bond donors (Lipinski definition) is 4. The summed E-state index contributed by atoms with van der Waals surface area (Å²) in [5.41, 5.74) is -0.533. The summed E-state index contributed by atoms with van der Waals surface area (Å²) in [6.45, 7) is 1.64. The Bertz CT molecular complexity index is 618. The zero-order valence-electron chi connectivity index (χ0n) is 9.47. The minimum absolute atomic E-state index is 0.0813. The number of carbonyl (C=O) groups is 1. The van der Waals surface area contributed by atoms with Crippen LogP contribution < -0.4 is 11.0 Å². The third-order valence-electron chi connectivity index (χ3n) is 2.28. The van der Waals surface area contributed by atoms with Gasteiger partial charge >= 0.3 is 5.69 Å². The second-order valence-corrected chi connectivity index (χ2v) is 3.63. The second kappa shape index (κ2) is 4.70. The monoisotopic (exact) mass is 249 g/mol. The molecule has 0 saturated heterocycles. The van der Waals surface area contributed by atoms with Crippen molar-refractivity contribution >= 4 is 5.91 Å². The zero-order valence-corrected chi connectivity index (χ0v) is 9.47. The lowest BCUT2D eigenvalue weighted by atomic mass is 10.2. The van der Waals surface area contributed by atoms with E-state index in [1.165, 1.54) is 18.3 Å². The highest BCUT2D eigenvalue weighted by Crippen LogP contribution is 2.13. The second-order valence-electron chi connectivity index (χ2n) is 3.63. The Morgan fingerprint density at radius 1 is 1.56 bits per heavy atom. The Labute approximate surface area is 101 Å². The van der Waals surface area contributed by atoms with E-state index >= 15 is 0 Å². The summed E-state index contributed by atoms with van der Waals surface area (Å²) < 4.78 is 0. The highest BCUT2D eigenvalue weighted by molar-refractivity contribution is 5.94. The average molecular weight is 249 g/mol. The van der Waals surface area contributed by atoms with Crippen LogP contribution in [0.3, 0.4) is 0 Å². The van der Waals surface area contributed by atoms with Crippen LogP contribution in [-0.4, -0.2) is 31.2 Å². The van der Waals surface area contributed by atoms with Gasteiger partial charge in [0, 0.05) is 6.20 Å². The maximum atomic E-state index is 11.8. The molecule has 0 saturated carbocycles. The highest BCUT2D eigenvalue weighted by Gasteiger charge is 2.17. The molecule has 18 heavy (non-hydrogen) atoms. The number of carbonyl (C=O) groups excluding carboxylic acids is 1. The number of nitrogens with zero attached hydrogens (tertiary/aromatic N) is 2. The number of nitrogens with one attached hydrogen (secondary N) is 3. The smallest absolute Gasteiger partial charge is 0.340 e. The van der Waals surface area contributed by atoms with Gasteiger partial charge in [0.25, 0.3) is 5.91 Å². The fourth-order valence-electron chi connectivity index (χ4n) is 1.39. The van der Waals surface area contributed by atoms with Gasteiger partial charge < -0.3 is 10.4 Å². The van der Waals surface area contributed by atoms with Crippen LogP contribution in [0.15, 0.2) is 23.1 Å². The molecule has 0 aliphatic heterocycles. The van der Waals surface area contributed by atoms with Crippen LogP contribution in [0.2, 0.25) is 0 Å². The highest BCUT2D eigenvalue weighted by atomic mass is 16.3. The Kier molecular flexibility index (Phi) is 3.09. The molecule has 4 N–H and O–H groups in total. The van der Waals surface area contributed by atoms with Gasteiger partial charge in [-0.1, -0.05) is 0 Å². The van der Waals surface area contributed by atoms with E-state index in [1.54, 1.807) is 6.92 Å². The third-order valence-corrected chi connectivity index (χ3v) is 2.28. The van der Waals surface area contributed by atoms with Crippen molar-refractivity contribution in [1.82, 2.24) is 25.5 Å². The van der Waals surface area contributed by atoms with Crippen LogP contribution in [0.4, 0.5) is 0 Å². The maximum Gasteiger partial charge on any atom is 0.340 e. The molecule has 1 amide bonds. The molecule has 0 aromatic carbocycles. The summed E-state index contributed by atoms with van der Waals surface area (Å²) in [7, 11) is 0. The summed E-state index contributed by atoms with van der Waals surface area (Å²) in [6.07, 6.45) is 1.40. The lowest BCUT2D eigenvalue weighted by Crippen LogP contribution is -2.28. The number of aromatic amines is 2. The van der Waals surface area contributed by atoms with Crippen molar-refractivity contribution in [2.24, 2.45) is 0 Å². The topological polar surface area (TPSA) is 124 Å². The molecule has 8 nitrogen and oxygen atoms in total. The number of amides is 1. The molecule has 94 valence electrons. The summed E-state index contributed by atoms with van der Waals surface area (Å²) in [6, 6.07) is 2.36. The first kappa shape index (κ1) is 11.8. The van der Waals surface area contributed by atoms with Crippen LogP contribution in [0.1, 0.15) is 29.3 Å². The van der Waals surface area contributed by atoms with Crippen LogP contribution >= 0.6 is 0 Å². The Hall–Kier alpha value is -2.64. The van der Waals surface area contributed by atoms with E-state index in [2.05, 4.69) is 25.5 Å². The number of hydrogen-bond acceptors (Lipinski definition) is 5. The van der Waals surface area contributed by atoms with E-state index in [-0.39, 0.29) is 11.4 Å². The predicted octanol–water partition coefficient (Wildman–Crippen LogP) is -0.310. The van der Waals surface area contributed by atoms with E-state index in [9.17, 15) is 14.7 Å². The van der Waals surface area contributed by atoms with Gasteiger partial charge in [0.05, 0.1) is 6.04 Å². The van der Waals surface area contributed by atoms with Crippen molar-refractivity contribution in [3.63, 3.8) is 0 Å². The van der Waals surface area contributed by atoms with Gasteiger partial charge in [-0.2, -0.15) is 5.10 Å². The van der Waals surface area contributed by atoms with E-state index < -0.39 is 17.6 Å². The normalized spacial score (nSPS) is 12.1. The number of rotatable bonds is 3. The summed E-state index contributed by atoms with van der Waals surface area (Å²) in [5.74, 6) is -0.467. The van der Waals surface area contributed by atoms with Gasteiger partial charge in [-0.3, -0.25) is 9.78 Å². The minimum atomic E-state index is -0.551. The molecule has 8 heteroatoms. The van der Waals surface area contributed by atoms with Gasteiger partial charge in [-0.05, 0) is 19.1 Å². The van der Waals surface area contributed by atoms with Crippen LogP contribution in [0, 0.1) is 0 Å². The molecule has 0 spiro atoms. The molecule has 2 heterocycles. The molecule has 0 bridgehead atoms. The molecular weight excluding hydrogens is 238 g/mol. The molecule has 1 unspecified atom stereocenters. The molecule has 0 radical (unpaired) electrons. The van der Waals surface area contributed by atoms with E-state index in [0.717, 1.165) is 0 Å². The fraction of sp³-hybridized carbons (Fsp3) is 0.200. The van der Waals surface area contributed by atoms with Gasteiger partial charge in [-0.15, -0.1) is 0 Å². The average Bonchev–Trinajstić information content (AvgIpc) is 2.76. The fourth-order valence-corrected chi connectivity index (χ4v) is 1.39. The van der Waals surface area contributed by atoms with Crippen molar-refractivity contribution in [3.8, 4) is 5.75 Å². The molecule has 2 aromatic rings. The molecule has 2 rings (SSSR count). The molecule has 0 aliphatic rings. The zero-order chi connectivity index (χ0) is 13.1. The lowest BCUT2D eigenvalue weighted by molar-refractivity contribution is 0.0930. The van der Waals surface area contributed by atoms with Crippen molar-refractivity contribution in [1.29, 1.82) is 0 Å². The number of H-pyrrole nitrogens is 2. The van der Waals surface area contributed by atoms with Crippen LogP contribution in [0.5, 0.6) is 5.75 Å².